The van der Waals surface area contributed by atoms with E-state index in [1.165, 1.54) is 31.4 Å². The third-order valence-corrected chi connectivity index (χ3v) is 27.9. The number of aromatic nitrogens is 3. The third kappa shape index (κ3) is 17.6. The Hall–Kier alpha value is -12.6. The molecule has 28 nitrogen and oxygen atoms in total. The van der Waals surface area contributed by atoms with Gasteiger partial charge in [0.15, 0.2) is 51.9 Å². The van der Waals surface area contributed by atoms with Crippen molar-refractivity contribution in [1.29, 1.82) is 0 Å². The molecule has 2 atom stereocenters. The molecule has 3 amide bonds. The summed E-state index contributed by atoms with van der Waals surface area (Å²) < 4.78 is 89.5. The molecule has 8 N–H and O–H groups in total. The van der Waals surface area contributed by atoms with Crippen LogP contribution in [0.2, 0.25) is 0 Å². The van der Waals surface area contributed by atoms with Crippen LogP contribution < -0.4 is 68.1 Å². The number of nitrogens with zero attached hydrogens (tertiary/aromatic N) is 9. The monoisotopic (exact) mass is 1810 g/mol. The van der Waals surface area contributed by atoms with Gasteiger partial charge >= 0.3 is 0 Å². The molecule has 0 bridgehead atoms. The summed E-state index contributed by atoms with van der Waals surface area (Å²) in [5.41, 5.74) is 9.36. The minimum Gasteiger partial charge on any atom is -0.456 e. The van der Waals surface area contributed by atoms with E-state index in [-0.39, 0.29) is 72.8 Å². The van der Waals surface area contributed by atoms with Crippen molar-refractivity contribution in [3.63, 3.8) is 0 Å². The highest BCUT2D eigenvalue weighted by Crippen LogP contribution is 2.52. The van der Waals surface area contributed by atoms with E-state index < -0.39 is 51.5 Å². The number of nitrogens with two attached hydrogens (primary N) is 1. The number of carbonyl (C=O) groups is 3. The number of fused-ring (bicyclic) bond motifs is 12. The van der Waals surface area contributed by atoms with Gasteiger partial charge < -0.3 is 99.0 Å². The number of carbonyl (C=O) groups excluding carboxylic acids is 3. The third-order valence-electron chi connectivity index (χ3n) is 27.9. The quantitative estimate of drug-likeness (QED) is 0.0196. The summed E-state index contributed by atoms with van der Waals surface area (Å²) in [6, 6.07) is 38.2. The lowest BCUT2D eigenvalue weighted by Gasteiger charge is -2.28. The zero-order valence-corrected chi connectivity index (χ0v) is 75.0. The van der Waals surface area contributed by atoms with Crippen molar-refractivity contribution in [2.45, 2.75) is 89.1 Å². The lowest BCUT2D eigenvalue weighted by Crippen LogP contribution is -2.38. The highest BCUT2D eigenvalue weighted by atomic mass is 19.1. The van der Waals surface area contributed by atoms with Gasteiger partial charge in [0, 0.05) is 131 Å². The van der Waals surface area contributed by atoms with E-state index in [4.69, 9.17) is 33.8 Å². The van der Waals surface area contributed by atoms with E-state index in [1.807, 2.05) is 114 Å². The van der Waals surface area contributed by atoms with Crippen molar-refractivity contribution in [3.05, 3.63) is 205 Å². The molecule has 692 valence electrons. The summed E-state index contributed by atoms with van der Waals surface area (Å²) >= 11 is 0. The fourth-order valence-electron chi connectivity index (χ4n) is 20.6. The van der Waals surface area contributed by atoms with Crippen molar-refractivity contribution in [1.82, 2.24) is 59.1 Å². The lowest BCUT2D eigenvalue weighted by molar-refractivity contribution is 0.0374. The van der Waals surface area contributed by atoms with Crippen LogP contribution in [0.25, 0.3) is 93.3 Å². The van der Waals surface area contributed by atoms with Crippen LogP contribution in [0.1, 0.15) is 108 Å². The maximum atomic E-state index is 16.1. The second-order valence-corrected chi connectivity index (χ2v) is 36.2. The van der Waals surface area contributed by atoms with Crippen molar-refractivity contribution in [2.24, 2.45) is 0 Å². The predicted molar refractivity (Wildman–Crippen MR) is 514 cm³/mol. The van der Waals surface area contributed by atoms with Gasteiger partial charge in [0.05, 0.1) is 65.3 Å². The number of benzene rings is 9. The van der Waals surface area contributed by atoms with Crippen LogP contribution in [0.3, 0.4) is 0 Å². The molecule has 31 heteroatoms. The Balaban J connectivity index is 0.000000124. The highest BCUT2D eigenvalue weighted by Gasteiger charge is 2.37. The maximum Gasteiger partial charge on any atom is 0.256 e. The number of halogens is 3. The average molecular weight is 1810 g/mol. The number of ether oxygens (including phenoxy) is 5. The fraction of sp³-hybridized carbons (Fsp3) is 0.392. The topological polar surface area (TPSA) is 294 Å². The number of nitrogen functional groups attached to an aromatic ring is 1. The van der Waals surface area contributed by atoms with E-state index in [2.05, 4.69) is 75.4 Å². The second-order valence-electron chi connectivity index (χ2n) is 36.2. The predicted octanol–water partition coefficient (Wildman–Crippen LogP) is 14.5. The standard InChI is InChI=1S/C34H39FN6O4.C34H34FN5O4.C34H38FN5O4/c1-39-12-4-8-23(39)9-11-38-34(43)24-20-41-25-18-21-6-2-3-7-22(21)19-26(25)45-33-29(36)28(35)30(27(31(33)41)32(24)42)37-10-5-13-40-14-16-44-17-15-40;35-25-17-23-31-33(30(25)36-9-15-38-11-3-4-12-38)44-29-18-22-21-7-1-2-8-27(21)43-28(22)19-26(29)40(31)20-24(32(23)41)34(42)37-10-16-39-13-5-6-14-39;1-38-14-4-7-23(38)11-13-36-29-27(35)20-25-30-33(29)44-32-24-8-3-2-6-22(24)9-10-28(32)40(30)21-26(31(25)41)34(42)37-12-5-15-39-16-18-43-19-17-39/h2-3,6-7,18-20,23,37H,4-5,8-17,36H2,1H3,(H,38,43);1-2,7-8,17-20,36H,3-6,9-16H2,(H,37,42);2-3,6,8-10,20-21,23,36H,4-5,7,11-19H2,1H3,(H,37,42). The Morgan fingerprint density at radius 1 is 0.406 bits per heavy atom. The van der Waals surface area contributed by atoms with Crippen LogP contribution in [0, 0.1) is 17.5 Å². The number of nitrogens with one attached hydrogen (secondary N) is 6. The summed E-state index contributed by atoms with van der Waals surface area (Å²) in [6.45, 7) is 18.4. The smallest absolute Gasteiger partial charge is 0.256 e. The van der Waals surface area contributed by atoms with E-state index in [0.29, 0.717) is 121 Å². The molecule has 6 saturated heterocycles. The molecule has 6 fully saturated rings. The molecular formula is C102H111F3N16O12. The first-order valence-electron chi connectivity index (χ1n) is 47.0. The minimum absolute atomic E-state index is 0.0120. The van der Waals surface area contributed by atoms with Crippen molar-refractivity contribution in [2.75, 3.05) is 193 Å². The van der Waals surface area contributed by atoms with E-state index in [0.717, 1.165) is 201 Å². The second kappa shape index (κ2) is 38.5. The summed E-state index contributed by atoms with van der Waals surface area (Å²) in [5.74, 6) is -1.32. The number of anilines is 4. The minimum atomic E-state index is -0.765. The van der Waals surface area contributed by atoms with Crippen molar-refractivity contribution < 1.29 is 55.7 Å². The molecule has 4 aromatic heterocycles. The number of rotatable bonds is 26. The van der Waals surface area contributed by atoms with Crippen LogP contribution >= 0.6 is 0 Å². The number of para-hydroxylation sites is 1. The normalized spacial score (nSPS) is 17.7. The molecule has 0 aliphatic carbocycles. The number of furan rings is 1. The Morgan fingerprint density at radius 3 is 1.52 bits per heavy atom. The number of amides is 3. The van der Waals surface area contributed by atoms with Gasteiger partial charge in [0.25, 0.3) is 17.7 Å². The van der Waals surface area contributed by atoms with Gasteiger partial charge in [-0.05, 0) is 202 Å². The first kappa shape index (κ1) is 88.3. The highest BCUT2D eigenvalue weighted by molar-refractivity contribution is 6.10. The number of hydrogen-bond acceptors (Lipinski definition) is 22. The SMILES string of the molecule is CN1CCCC1CCNC(=O)c1cn2c3c(c(N)c(F)c(NCCCN4CCOCC4)c3c1=O)Oc1cc3ccccc3cc1-2.CN1CCCC1CCNc1c(F)cc2c(=O)c(C(=O)NCCCN3CCOCC3)cn3c2c1Oc1c-3ccc2ccccc12.O=C(NCCN1CCCC1)c1cn2c3c(c(NCCN4CCCC4)c(F)cc3c1=O)Oc1cc3c(cc1-2)oc1ccccc13. The largest absolute Gasteiger partial charge is 0.456 e. The summed E-state index contributed by atoms with van der Waals surface area (Å²) in [5, 5.41) is 24.3. The molecule has 133 heavy (non-hydrogen) atoms. The number of likely N-dealkylation sites (tertiary alicyclic amines) is 4. The summed E-state index contributed by atoms with van der Waals surface area (Å²) in [7, 11) is 4.22. The summed E-state index contributed by atoms with van der Waals surface area (Å²) in [4.78, 5) is 96.0. The number of pyridine rings is 3. The van der Waals surface area contributed by atoms with Gasteiger partial charge in [0.1, 0.15) is 61.5 Å². The van der Waals surface area contributed by atoms with Crippen LogP contribution in [0.4, 0.5) is 35.9 Å². The first-order chi connectivity index (χ1) is 64.9. The van der Waals surface area contributed by atoms with Gasteiger partial charge in [-0.15, -0.1) is 0 Å². The lowest BCUT2D eigenvalue weighted by atomic mass is 10.0. The van der Waals surface area contributed by atoms with Crippen LogP contribution in [-0.2, 0) is 9.47 Å². The van der Waals surface area contributed by atoms with Crippen molar-refractivity contribution in [3.8, 4) is 51.6 Å². The number of hydrogen-bond donors (Lipinski definition) is 7. The molecule has 2 unspecified atom stereocenters. The molecular weight excluding hydrogens is 1700 g/mol. The van der Waals surface area contributed by atoms with Crippen LogP contribution in [0.15, 0.2) is 159 Å². The zero-order chi connectivity index (χ0) is 91.1. The van der Waals surface area contributed by atoms with Gasteiger partial charge in [-0.3, -0.25) is 38.6 Å². The molecule has 9 aromatic carbocycles. The van der Waals surface area contributed by atoms with Gasteiger partial charge in [-0.25, -0.2) is 13.2 Å². The summed E-state index contributed by atoms with van der Waals surface area (Å²) in [6.07, 6.45) is 17.0. The first-order valence-corrected chi connectivity index (χ1v) is 47.0. The van der Waals surface area contributed by atoms with Gasteiger partial charge in [-0.1, -0.05) is 72.8 Å². The average Bonchev–Trinajstić information content (AvgIpc) is 1.71. The van der Waals surface area contributed by atoms with Crippen LogP contribution in [0.5, 0.6) is 34.5 Å². The fourth-order valence-corrected chi connectivity index (χ4v) is 20.6. The molecule has 0 spiro atoms. The molecule has 9 aliphatic rings. The Bertz CT molecular complexity index is 6900. The van der Waals surface area contributed by atoms with E-state index >= 15 is 13.2 Å². The van der Waals surface area contributed by atoms with E-state index in [9.17, 15) is 28.8 Å². The zero-order valence-electron chi connectivity index (χ0n) is 75.0. The van der Waals surface area contributed by atoms with E-state index in [1.54, 1.807) is 27.7 Å². The molecule has 13 aromatic rings. The number of morpholine rings is 2. The van der Waals surface area contributed by atoms with Gasteiger partial charge in [0.2, 0.25) is 16.3 Å². The Morgan fingerprint density at radius 2 is 0.895 bits per heavy atom. The Labute approximate surface area is 765 Å². The Kier molecular flexibility index (Phi) is 25.6. The molecule has 9 aliphatic heterocycles. The van der Waals surface area contributed by atoms with Gasteiger partial charge in [-0.2, -0.15) is 0 Å². The van der Waals surface area contributed by atoms with Crippen molar-refractivity contribution >= 4 is 117 Å². The maximum absolute atomic E-state index is 16.1. The van der Waals surface area contributed by atoms with Crippen LogP contribution in [-0.4, -0.2) is 244 Å². The molecule has 13 heterocycles. The molecule has 0 radical (unpaired) electrons. The molecule has 22 rings (SSSR count). The molecule has 0 saturated carbocycles.